The molecule has 0 saturated carbocycles. The van der Waals surface area contributed by atoms with Crippen molar-refractivity contribution in [1.29, 1.82) is 0 Å². The Morgan fingerprint density at radius 1 is 1.35 bits per heavy atom. The van der Waals surface area contributed by atoms with Gasteiger partial charge in [0.25, 0.3) is 0 Å². The molecule has 0 amide bonds. The van der Waals surface area contributed by atoms with Crippen molar-refractivity contribution in [3.63, 3.8) is 0 Å². The first-order chi connectivity index (χ1) is 9.70. The maximum Gasteiger partial charge on any atom is 0.123 e. The van der Waals surface area contributed by atoms with E-state index in [4.69, 9.17) is 10.5 Å². The summed E-state index contributed by atoms with van der Waals surface area (Å²) in [5.74, 6) is 1.19. The van der Waals surface area contributed by atoms with Gasteiger partial charge in [-0.25, -0.2) is 4.39 Å². The molecular formula is C16H25FN2O. The van der Waals surface area contributed by atoms with E-state index in [0.717, 1.165) is 31.8 Å². The minimum atomic E-state index is -0.231. The zero-order valence-electron chi connectivity index (χ0n) is 12.2. The summed E-state index contributed by atoms with van der Waals surface area (Å²) < 4.78 is 18.4. The first-order valence-electron chi connectivity index (χ1n) is 7.53. The SMILES string of the molecule is CC1CCCN(CCCOc2ccc(F)cc2)C1CN. The molecule has 2 N–H and O–H groups in total. The van der Waals surface area contributed by atoms with Crippen molar-refractivity contribution >= 4 is 0 Å². The number of nitrogens with zero attached hydrogens (tertiary/aromatic N) is 1. The van der Waals surface area contributed by atoms with Crippen LogP contribution in [0.3, 0.4) is 0 Å². The second-order valence-corrected chi connectivity index (χ2v) is 5.61. The van der Waals surface area contributed by atoms with E-state index in [2.05, 4.69) is 11.8 Å². The van der Waals surface area contributed by atoms with Gasteiger partial charge in [-0.05, 0) is 56.0 Å². The standard InChI is InChI=1S/C16H25FN2O/c1-13-4-2-9-19(16(13)12-18)10-3-11-20-15-7-5-14(17)6-8-15/h5-8,13,16H,2-4,9-12,18H2,1H3. The van der Waals surface area contributed by atoms with E-state index >= 15 is 0 Å². The van der Waals surface area contributed by atoms with Crippen molar-refractivity contribution in [2.45, 2.75) is 32.2 Å². The maximum atomic E-state index is 12.8. The number of piperidine rings is 1. The minimum Gasteiger partial charge on any atom is -0.494 e. The Bertz CT molecular complexity index is 396. The summed E-state index contributed by atoms with van der Waals surface area (Å²) in [6.45, 7) is 5.85. The lowest BCUT2D eigenvalue weighted by atomic mass is 9.91. The predicted molar refractivity (Wildman–Crippen MR) is 79.3 cm³/mol. The third-order valence-electron chi connectivity index (χ3n) is 4.14. The smallest absolute Gasteiger partial charge is 0.123 e. The molecule has 20 heavy (non-hydrogen) atoms. The Kier molecular flexibility index (Phi) is 5.80. The number of ether oxygens (including phenoxy) is 1. The third-order valence-corrected chi connectivity index (χ3v) is 4.14. The van der Waals surface area contributed by atoms with Crippen LogP contribution in [0.2, 0.25) is 0 Å². The Morgan fingerprint density at radius 3 is 2.80 bits per heavy atom. The van der Waals surface area contributed by atoms with Crippen LogP contribution < -0.4 is 10.5 Å². The summed E-state index contributed by atoms with van der Waals surface area (Å²) >= 11 is 0. The lowest BCUT2D eigenvalue weighted by Crippen LogP contribution is -2.49. The van der Waals surface area contributed by atoms with Gasteiger partial charge in [-0.15, -0.1) is 0 Å². The molecule has 1 aromatic rings. The molecular weight excluding hydrogens is 255 g/mol. The summed E-state index contributed by atoms with van der Waals surface area (Å²) in [5, 5.41) is 0. The highest BCUT2D eigenvalue weighted by Crippen LogP contribution is 2.22. The van der Waals surface area contributed by atoms with Gasteiger partial charge in [-0.2, -0.15) is 0 Å². The largest absolute Gasteiger partial charge is 0.494 e. The number of benzene rings is 1. The average Bonchev–Trinajstić information content (AvgIpc) is 2.45. The lowest BCUT2D eigenvalue weighted by Gasteiger charge is -2.39. The molecule has 1 saturated heterocycles. The molecule has 3 nitrogen and oxygen atoms in total. The van der Waals surface area contributed by atoms with E-state index in [1.807, 2.05) is 0 Å². The third kappa shape index (κ3) is 4.18. The highest BCUT2D eigenvalue weighted by Gasteiger charge is 2.26. The Labute approximate surface area is 120 Å². The summed E-state index contributed by atoms with van der Waals surface area (Å²) in [6.07, 6.45) is 3.52. The van der Waals surface area contributed by atoms with E-state index in [9.17, 15) is 4.39 Å². The molecule has 2 rings (SSSR count). The molecule has 1 aromatic carbocycles. The molecule has 0 spiro atoms. The summed E-state index contributed by atoms with van der Waals surface area (Å²) in [6, 6.07) is 6.69. The number of halogens is 1. The molecule has 2 unspecified atom stereocenters. The van der Waals surface area contributed by atoms with E-state index in [-0.39, 0.29) is 5.82 Å². The van der Waals surface area contributed by atoms with Crippen LogP contribution in [0.25, 0.3) is 0 Å². The van der Waals surface area contributed by atoms with Crippen LogP contribution in [0.15, 0.2) is 24.3 Å². The number of nitrogens with two attached hydrogens (primary N) is 1. The first kappa shape index (κ1) is 15.3. The van der Waals surface area contributed by atoms with Gasteiger partial charge in [0.05, 0.1) is 6.61 Å². The van der Waals surface area contributed by atoms with E-state index < -0.39 is 0 Å². The second kappa shape index (κ2) is 7.60. The Morgan fingerprint density at radius 2 is 2.10 bits per heavy atom. The van der Waals surface area contributed by atoms with Crippen LogP contribution in [0.1, 0.15) is 26.2 Å². The molecule has 2 atom stereocenters. The quantitative estimate of drug-likeness (QED) is 0.814. The molecule has 0 aliphatic carbocycles. The lowest BCUT2D eigenvalue weighted by molar-refractivity contribution is 0.0995. The van der Waals surface area contributed by atoms with Gasteiger partial charge in [0.2, 0.25) is 0 Å². The zero-order chi connectivity index (χ0) is 14.4. The van der Waals surface area contributed by atoms with Crippen molar-refractivity contribution in [1.82, 2.24) is 4.90 Å². The van der Waals surface area contributed by atoms with Crippen molar-refractivity contribution in [2.75, 3.05) is 26.2 Å². The highest BCUT2D eigenvalue weighted by molar-refractivity contribution is 5.21. The van der Waals surface area contributed by atoms with Crippen LogP contribution in [0.4, 0.5) is 4.39 Å². The van der Waals surface area contributed by atoms with Crippen molar-refractivity contribution in [3.05, 3.63) is 30.1 Å². The van der Waals surface area contributed by atoms with Gasteiger partial charge in [0.15, 0.2) is 0 Å². The number of hydrogen-bond donors (Lipinski definition) is 1. The molecule has 4 heteroatoms. The van der Waals surface area contributed by atoms with E-state index in [1.54, 1.807) is 12.1 Å². The predicted octanol–water partition coefficient (Wildman–Crippen LogP) is 2.65. The maximum absolute atomic E-state index is 12.8. The fourth-order valence-corrected chi connectivity index (χ4v) is 2.98. The van der Waals surface area contributed by atoms with E-state index in [0.29, 0.717) is 18.6 Å². The van der Waals surface area contributed by atoms with Gasteiger partial charge in [0, 0.05) is 19.1 Å². The first-order valence-corrected chi connectivity index (χ1v) is 7.53. The van der Waals surface area contributed by atoms with Crippen molar-refractivity contribution in [3.8, 4) is 5.75 Å². The average molecular weight is 280 g/mol. The van der Waals surface area contributed by atoms with E-state index in [1.165, 1.54) is 25.0 Å². The topological polar surface area (TPSA) is 38.5 Å². The molecule has 1 aliphatic heterocycles. The molecule has 1 heterocycles. The van der Waals surface area contributed by atoms with Gasteiger partial charge in [0.1, 0.15) is 11.6 Å². The van der Waals surface area contributed by atoms with Crippen molar-refractivity contribution < 1.29 is 9.13 Å². The highest BCUT2D eigenvalue weighted by atomic mass is 19.1. The molecule has 0 aromatic heterocycles. The summed E-state index contributed by atoms with van der Waals surface area (Å²) in [5.41, 5.74) is 5.89. The Hall–Kier alpha value is -1.13. The van der Waals surface area contributed by atoms with Crippen LogP contribution in [0, 0.1) is 11.7 Å². The monoisotopic (exact) mass is 280 g/mol. The zero-order valence-corrected chi connectivity index (χ0v) is 12.2. The second-order valence-electron chi connectivity index (χ2n) is 5.61. The van der Waals surface area contributed by atoms with Crippen LogP contribution >= 0.6 is 0 Å². The summed E-state index contributed by atoms with van der Waals surface area (Å²) in [4.78, 5) is 2.49. The van der Waals surface area contributed by atoms with Gasteiger partial charge < -0.3 is 10.5 Å². The summed E-state index contributed by atoms with van der Waals surface area (Å²) in [7, 11) is 0. The fourth-order valence-electron chi connectivity index (χ4n) is 2.98. The van der Waals surface area contributed by atoms with Gasteiger partial charge in [-0.3, -0.25) is 4.90 Å². The van der Waals surface area contributed by atoms with Gasteiger partial charge in [-0.1, -0.05) is 6.92 Å². The molecule has 0 bridgehead atoms. The normalized spacial score (nSPS) is 23.8. The van der Waals surface area contributed by atoms with Crippen LogP contribution in [-0.4, -0.2) is 37.2 Å². The number of hydrogen-bond acceptors (Lipinski definition) is 3. The Balaban J connectivity index is 1.71. The molecule has 1 fully saturated rings. The van der Waals surface area contributed by atoms with Crippen LogP contribution in [0.5, 0.6) is 5.75 Å². The molecule has 112 valence electrons. The van der Waals surface area contributed by atoms with Gasteiger partial charge >= 0.3 is 0 Å². The number of likely N-dealkylation sites (tertiary alicyclic amines) is 1. The van der Waals surface area contributed by atoms with Crippen molar-refractivity contribution in [2.24, 2.45) is 11.7 Å². The molecule has 1 aliphatic rings. The fraction of sp³-hybridized carbons (Fsp3) is 0.625. The minimum absolute atomic E-state index is 0.231. The number of rotatable bonds is 6. The molecule has 0 radical (unpaired) electrons. The van der Waals surface area contributed by atoms with Crippen LogP contribution in [-0.2, 0) is 0 Å².